The molecule has 0 amide bonds. The molecule has 0 aliphatic carbocycles. The van der Waals surface area contributed by atoms with Gasteiger partial charge in [-0.05, 0) is 25.0 Å². The number of carboxylic acids is 1. The van der Waals surface area contributed by atoms with Gasteiger partial charge in [-0.3, -0.25) is 4.79 Å². The fourth-order valence-corrected chi connectivity index (χ4v) is 2.30. The van der Waals surface area contributed by atoms with Crippen LogP contribution < -0.4 is 0 Å². The fourth-order valence-electron chi connectivity index (χ4n) is 1.35. The van der Waals surface area contributed by atoms with E-state index in [-0.39, 0.29) is 17.7 Å². The molecule has 0 spiro atoms. The third-order valence-electron chi connectivity index (χ3n) is 2.25. The lowest BCUT2D eigenvalue weighted by atomic mass is 10.1. The van der Waals surface area contributed by atoms with Crippen LogP contribution >= 0.6 is 11.3 Å². The Bertz CT molecular complexity index is 361. The van der Waals surface area contributed by atoms with Crippen LogP contribution in [-0.4, -0.2) is 11.1 Å². The number of alkyl halides is 2. The average molecular weight is 248 g/mol. The maximum absolute atomic E-state index is 13.6. The number of aliphatic carboxylic acids is 1. The quantitative estimate of drug-likeness (QED) is 0.834. The van der Waals surface area contributed by atoms with E-state index in [0.29, 0.717) is 0 Å². The molecule has 1 heterocycles. The summed E-state index contributed by atoms with van der Waals surface area (Å²) in [5.74, 6) is -3.93. The maximum atomic E-state index is 13.6. The van der Waals surface area contributed by atoms with E-state index in [1.54, 1.807) is 6.07 Å². The lowest BCUT2D eigenvalue weighted by Crippen LogP contribution is -2.12. The first kappa shape index (κ1) is 13.1. The molecule has 0 saturated heterocycles. The first-order chi connectivity index (χ1) is 7.45. The van der Waals surface area contributed by atoms with E-state index in [1.807, 2.05) is 6.92 Å². The number of hydrogen-bond donors (Lipinski definition) is 1. The summed E-state index contributed by atoms with van der Waals surface area (Å²) < 4.78 is 27.1. The molecule has 0 saturated carbocycles. The Labute approximate surface area is 96.9 Å². The van der Waals surface area contributed by atoms with E-state index in [0.717, 1.165) is 22.6 Å². The minimum absolute atomic E-state index is 0.00168. The van der Waals surface area contributed by atoms with Crippen LogP contribution in [0, 0.1) is 0 Å². The van der Waals surface area contributed by atoms with Crippen LogP contribution in [0.2, 0.25) is 0 Å². The Kier molecular flexibility index (Phi) is 4.41. The molecule has 0 atom stereocenters. The van der Waals surface area contributed by atoms with Crippen molar-refractivity contribution < 1.29 is 18.7 Å². The van der Waals surface area contributed by atoms with Gasteiger partial charge in [0, 0.05) is 17.7 Å². The van der Waals surface area contributed by atoms with Crippen LogP contribution in [0.1, 0.15) is 35.9 Å². The summed E-state index contributed by atoms with van der Waals surface area (Å²) in [7, 11) is 0. The molecule has 2 nitrogen and oxygen atoms in total. The van der Waals surface area contributed by atoms with Crippen molar-refractivity contribution in [2.24, 2.45) is 0 Å². The van der Waals surface area contributed by atoms with E-state index >= 15 is 0 Å². The molecular weight excluding hydrogens is 234 g/mol. The predicted octanol–water partition coefficient (Wildman–Crippen LogP) is 3.66. The molecule has 0 bridgehead atoms. The van der Waals surface area contributed by atoms with Crippen LogP contribution in [0.4, 0.5) is 8.78 Å². The van der Waals surface area contributed by atoms with Crippen molar-refractivity contribution in [1.82, 2.24) is 0 Å². The summed E-state index contributed by atoms with van der Waals surface area (Å²) in [6.07, 6.45) is 0.141. The summed E-state index contributed by atoms with van der Waals surface area (Å²) in [5, 5.41) is 8.38. The topological polar surface area (TPSA) is 37.3 Å². The molecule has 0 radical (unpaired) electrons. The van der Waals surface area contributed by atoms with Gasteiger partial charge in [-0.2, -0.15) is 0 Å². The highest BCUT2D eigenvalue weighted by Crippen LogP contribution is 2.37. The highest BCUT2D eigenvalue weighted by atomic mass is 32.1. The normalized spacial score (nSPS) is 11.7. The Morgan fingerprint density at radius 2 is 2.19 bits per heavy atom. The summed E-state index contributed by atoms with van der Waals surface area (Å²) >= 11 is 1.10. The van der Waals surface area contributed by atoms with Gasteiger partial charge in [0.15, 0.2) is 0 Å². The number of halogens is 2. The summed E-state index contributed by atoms with van der Waals surface area (Å²) in [6, 6.07) is 3.13. The number of aryl methyl sites for hydroxylation is 1. The Balaban J connectivity index is 2.58. The zero-order valence-electron chi connectivity index (χ0n) is 9.00. The average Bonchev–Trinajstić information content (AvgIpc) is 2.65. The molecule has 1 rings (SSSR count). The molecule has 0 unspecified atom stereocenters. The standard InChI is InChI=1S/C11H14F2O2S/c1-2-8-5-6-9(16-8)11(12,13)7-3-4-10(14)15/h5-6H,2-4,7H2,1H3,(H,14,15). The number of carbonyl (C=O) groups is 1. The Morgan fingerprint density at radius 3 is 2.69 bits per heavy atom. The van der Waals surface area contributed by atoms with Crippen molar-refractivity contribution >= 4 is 17.3 Å². The zero-order chi connectivity index (χ0) is 12.2. The zero-order valence-corrected chi connectivity index (χ0v) is 9.82. The molecule has 1 aromatic heterocycles. The van der Waals surface area contributed by atoms with Crippen LogP contribution in [0.3, 0.4) is 0 Å². The summed E-state index contributed by atoms with van der Waals surface area (Å²) in [5.41, 5.74) is 0. The molecule has 16 heavy (non-hydrogen) atoms. The number of carboxylic acid groups (broad SMARTS) is 1. The number of rotatable bonds is 6. The van der Waals surface area contributed by atoms with Gasteiger partial charge in [0.05, 0.1) is 4.88 Å². The second kappa shape index (κ2) is 5.39. The smallest absolute Gasteiger partial charge is 0.303 e. The molecule has 1 N–H and O–H groups in total. The van der Waals surface area contributed by atoms with Gasteiger partial charge in [-0.25, -0.2) is 8.78 Å². The molecule has 0 aromatic carbocycles. The lowest BCUT2D eigenvalue weighted by molar-refractivity contribution is -0.137. The van der Waals surface area contributed by atoms with Gasteiger partial charge < -0.3 is 5.11 Å². The number of thiophene rings is 1. The lowest BCUT2D eigenvalue weighted by Gasteiger charge is -2.13. The van der Waals surface area contributed by atoms with E-state index in [4.69, 9.17) is 5.11 Å². The third-order valence-corrected chi connectivity index (χ3v) is 3.59. The number of hydrogen-bond acceptors (Lipinski definition) is 2. The monoisotopic (exact) mass is 248 g/mol. The van der Waals surface area contributed by atoms with Gasteiger partial charge >= 0.3 is 5.97 Å². The molecule has 0 aliphatic rings. The SMILES string of the molecule is CCc1ccc(C(F)(F)CCCC(=O)O)s1. The van der Waals surface area contributed by atoms with E-state index < -0.39 is 18.3 Å². The van der Waals surface area contributed by atoms with Gasteiger partial charge in [0.25, 0.3) is 5.92 Å². The van der Waals surface area contributed by atoms with Gasteiger partial charge in [0.2, 0.25) is 0 Å². The Morgan fingerprint density at radius 1 is 1.50 bits per heavy atom. The second-order valence-corrected chi connectivity index (χ2v) is 4.74. The van der Waals surface area contributed by atoms with E-state index in [9.17, 15) is 13.6 Å². The van der Waals surface area contributed by atoms with Crippen LogP contribution in [0.25, 0.3) is 0 Å². The van der Waals surface area contributed by atoms with Gasteiger partial charge in [-0.1, -0.05) is 6.92 Å². The molecule has 0 aliphatic heterocycles. The van der Waals surface area contributed by atoms with Gasteiger partial charge in [-0.15, -0.1) is 11.3 Å². The van der Waals surface area contributed by atoms with Crippen molar-refractivity contribution in [3.63, 3.8) is 0 Å². The molecule has 90 valence electrons. The first-order valence-corrected chi connectivity index (χ1v) is 5.96. The van der Waals surface area contributed by atoms with E-state index in [1.165, 1.54) is 6.07 Å². The molecular formula is C11H14F2O2S. The Hall–Kier alpha value is -0.970. The second-order valence-electron chi connectivity index (χ2n) is 3.57. The van der Waals surface area contributed by atoms with Crippen molar-refractivity contribution in [2.75, 3.05) is 0 Å². The van der Waals surface area contributed by atoms with Crippen LogP contribution in [-0.2, 0) is 17.1 Å². The minimum Gasteiger partial charge on any atom is -0.481 e. The van der Waals surface area contributed by atoms with Crippen molar-refractivity contribution in [1.29, 1.82) is 0 Å². The van der Waals surface area contributed by atoms with Crippen molar-refractivity contribution in [3.05, 3.63) is 21.9 Å². The van der Waals surface area contributed by atoms with E-state index in [2.05, 4.69) is 0 Å². The maximum Gasteiger partial charge on any atom is 0.303 e. The highest BCUT2D eigenvalue weighted by molar-refractivity contribution is 7.12. The first-order valence-electron chi connectivity index (χ1n) is 5.14. The van der Waals surface area contributed by atoms with Gasteiger partial charge in [0.1, 0.15) is 0 Å². The predicted molar refractivity (Wildman–Crippen MR) is 59.1 cm³/mol. The third kappa shape index (κ3) is 3.56. The minimum atomic E-state index is -2.90. The summed E-state index contributed by atoms with van der Waals surface area (Å²) in [4.78, 5) is 11.2. The molecule has 0 fully saturated rings. The molecule has 5 heteroatoms. The van der Waals surface area contributed by atoms with Crippen LogP contribution in [0.15, 0.2) is 12.1 Å². The highest BCUT2D eigenvalue weighted by Gasteiger charge is 2.32. The fraction of sp³-hybridized carbons (Fsp3) is 0.545. The summed E-state index contributed by atoms with van der Waals surface area (Å²) in [6.45, 7) is 1.91. The molecule has 1 aromatic rings. The van der Waals surface area contributed by atoms with Crippen molar-refractivity contribution in [2.45, 2.75) is 38.5 Å². The largest absolute Gasteiger partial charge is 0.481 e. The van der Waals surface area contributed by atoms with Crippen molar-refractivity contribution in [3.8, 4) is 0 Å². The van der Waals surface area contributed by atoms with Crippen LogP contribution in [0.5, 0.6) is 0 Å².